The molecule has 0 aliphatic carbocycles. The van der Waals surface area contributed by atoms with Gasteiger partial charge in [-0.15, -0.1) is 0 Å². The Kier molecular flexibility index (Phi) is 8.37. The van der Waals surface area contributed by atoms with E-state index >= 15 is 0 Å². The van der Waals surface area contributed by atoms with Gasteiger partial charge in [-0.2, -0.15) is 5.26 Å². The van der Waals surface area contributed by atoms with E-state index in [1.807, 2.05) is 6.07 Å². The van der Waals surface area contributed by atoms with Crippen molar-refractivity contribution >= 4 is 35.1 Å². The number of rotatable bonds is 9. The molecule has 0 aliphatic heterocycles. The number of aryl methyl sites for hydroxylation is 1. The van der Waals surface area contributed by atoms with Crippen LogP contribution in [0.25, 0.3) is 11.3 Å². The first-order chi connectivity index (χ1) is 16.4. The molecule has 1 amide bonds. The molecule has 3 rings (SSSR count). The SMILES string of the molecule is COC(=O)CCc1cccc(OCSc2nc(N)c(C#N)c(-c3ccc(NC(C)=O)cc3)n2)n1. The van der Waals surface area contributed by atoms with Crippen LogP contribution in [0.1, 0.15) is 24.6 Å². The Balaban J connectivity index is 1.70. The lowest BCUT2D eigenvalue weighted by atomic mass is 10.1. The molecule has 0 bridgehead atoms. The number of hydrogen-bond donors (Lipinski definition) is 2. The third-order valence-electron chi connectivity index (χ3n) is 4.50. The summed E-state index contributed by atoms with van der Waals surface area (Å²) >= 11 is 1.19. The molecular formula is C23H22N6O4S. The van der Waals surface area contributed by atoms with Crippen molar-refractivity contribution in [1.29, 1.82) is 5.26 Å². The van der Waals surface area contributed by atoms with Crippen LogP contribution in [0.5, 0.6) is 5.88 Å². The molecule has 3 N–H and O–H groups in total. The van der Waals surface area contributed by atoms with Gasteiger partial charge in [0.05, 0.1) is 19.2 Å². The van der Waals surface area contributed by atoms with E-state index in [1.165, 1.54) is 25.8 Å². The maximum Gasteiger partial charge on any atom is 0.305 e. The van der Waals surface area contributed by atoms with Gasteiger partial charge >= 0.3 is 5.97 Å². The van der Waals surface area contributed by atoms with Gasteiger partial charge in [-0.05, 0) is 30.0 Å². The van der Waals surface area contributed by atoms with E-state index < -0.39 is 0 Å². The molecule has 11 heteroatoms. The number of thioether (sulfide) groups is 1. The molecule has 0 fully saturated rings. The predicted octanol–water partition coefficient (Wildman–Crippen LogP) is 3.19. The van der Waals surface area contributed by atoms with Crippen LogP contribution >= 0.6 is 11.8 Å². The van der Waals surface area contributed by atoms with Gasteiger partial charge in [0.25, 0.3) is 0 Å². The van der Waals surface area contributed by atoms with Crippen LogP contribution in [-0.4, -0.2) is 39.9 Å². The van der Waals surface area contributed by atoms with Gasteiger partial charge in [-0.3, -0.25) is 9.59 Å². The quantitative estimate of drug-likeness (QED) is 0.203. The zero-order valence-electron chi connectivity index (χ0n) is 18.6. The summed E-state index contributed by atoms with van der Waals surface area (Å²) in [6, 6.07) is 14.2. The zero-order valence-corrected chi connectivity index (χ0v) is 19.4. The number of ether oxygens (including phenoxy) is 2. The van der Waals surface area contributed by atoms with Crippen molar-refractivity contribution in [2.75, 3.05) is 24.1 Å². The third kappa shape index (κ3) is 6.66. The van der Waals surface area contributed by atoms with Crippen LogP contribution in [0.15, 0.2) is 47.6 Å². The third-order valence-corrected chi connectivity index (χ3v) is 5.17. The lowest BCUT2D eigenvalue weighted by Crippen LogP contribution is -2.06. The van der Waals surface area contributed by atoms with Crippen molar-refractivity contribution in [1.82, 2.24) is 15.0 Å². The summed E-state index contributed by atoms with van der Waals surface area (Å²) in [5.41, 5.74) is 8.54. The number of anilines is 2. The molecule has 2 heterocycles. The molecule has 174 valence electrons. The maximum absolute atomic E-state index is 11.3. The molecule has 2 aromatic heterocycles. The number of nitrogens with one attached hydrogen (secondary N) is 1. The predicted molar refractivity (Wildman–Crippen MR) is 127 cm³/mol. The fraction of sp³-hybridized carbons (Fsp3) is 0.217. The fourth-order valence-corrected chi connectivity index (χ4v) is 3.51. The van der Waals surface area contributed by atoms with E-state index in [0.29, 0.717) is 40.1 Å². The lowest BCUT2D eigenvalue weighted by Gasteiger charge is -2.10. The molecule has 0 aliphatic rings. The fourth-order valence-electron chi connectivity index (χ4n) is 2.91. The average molecular weight is 479 g/mol. The summed E-state index contributed by atoms with van der Waals surface area (Å²) in [7, 11) is 1.34. The Bertz CT molecular complexity index is 1230. The van der Waals surface area contributed by atoms with Crippen LogP contribution in [0.4, 0.5) is 11.5 Å². The van der Waals surface area contributed by atoms with Gasteiger partial charge in [0.15, 0.2) is 5.16 Å². The zero-order chi connectivity index (χ0) is 24.5. The molecule has 0 radical (unpaired) electrons. The highest BCUT2D eigenvalue weighted by atomic mass is 32.2. The number of hydrogen-bond acceptors (Lipinski definition) is 10. The number of methoxy groups -OCH3 is 1. The Morgan fingerprint density at radius 1 is 1.15 bits per heavy atom. The number of aromatic nitrogens is 3. The number of nitrogen functional groups attached to an aromatic ring is 1. The van der Waals surface area contributed by atoms with E-state index in [2.05, 4.69) is 25.0 Å². The van der Waals surface area contributed by atoms with Gasteiger partial charge in [0.2, 0.25) is 11.8 Å². The molecular weight excluding hydrogens is 456 g/mol. The Labute approximate surface area is 200 Å². The van der Waals surface area contributed by atoms with Crippen molar-refractivity contribution in [3.63, 3.8) is 0 Å². The number of nitrogens with zero attached hydrogens (tertiary/aromatic N) is 4. The first kappa shape index (κ1) is 24.5. The summed E-state index contributed by atoms with van der Waals surface area (Å²) in [5, 5.41) is 12.6. The molecule has 10 nitrogen and oxygen atoms in total. The number of pyridine rings is 1. The highest BCUT2D eigenvalue weighted by Gasteiger charge is 2.15. The Morgan fingerprint density at radius 3 is 2.59 bits per heavy atom. The monoisotopic (exact) mass is 478 g/mol. The summed E-state index contributed by atoms with van der Waals surface area (Å²) in [6.45, 7) is 1.42. The molecule has 0 atom stereocenters. The van der Waals surface area contributed by atoms with Gasteiger partial charge in [-0.1, -0.05) is 18.2 Å². The van der Waals surface area contributed by atoms with E-state index in [9.17, 15) is 14.9 Å². The van der Waals surface area contributed by atoms with Gasteiger partial charge in [-0.25, -0.2) is 15.0 Å². The number of nitriles is 1. The Hall–Kier alpha value is -4.17. The van der Waals surface area contributed by atoms with Crippen molar-refractivity contribution in [3.8, 4) is 23.2 Å². The first-order valence-corrected chi connectivity index (χ1v) is 11.1. The Morgan fingerprint density at radius 2 is 1.91 bits per heavy atom. The molecule has 0 saturated carbocycles. The summed E-state index contributed by atoms with van der Waals surface area (Å²) in [5.74, 6) is 0.118. The maximum atomic E-state index is 11.3. The first-order valence-electron chi connectivity index (χ1n) is 10.1. The number of esters is 1. The number of amides is 1. The highest BCUT2D eigenvalue weighted by molar-refractivity contribution is 7.99. The minimum atomic E-state index is -0.306. The normalized spacial score (nSPS) is 10.3. The molecule has 0 unspecified atom stereocenters. The van der Waals surface area contributed by atoms with Crippen LogP contribution in [-0.2, 0) is 20.7 Å². The highest BCUT2D eigenvalue weighted by Crippen LogP contribution is 2.28. The summed E-state index contributed by atoms with van der Waals surface area (Å²) in [6.07, 6.45) is 0.672. The van der Waals surface area contributed by atoms with Gasteiger partial charge in [0, 0.05) is 36.4 Å². The number of benzene rings is 1. The van der Waals surface area contributed by atoms with Crippen molar-refractivity contribution < 1.29 is 19.1 Å². The molecule has 0 saturated heterocycles. The van der Waals surface area contributed by atoms with Crippen molar-refractivity contribution in [2.45, 2.75) is 24.9 Å². The smallest absolute Gasteiger partial charge is 0.305 e. The van der Waals surface area contributed by atoms with E-state index in [-0.39, 0.29) is 35.6 Å². The topological polar surface area (TPSA) is 153 Å². The van der Waals surface area contributed by atoms with Crippen molar-refractivity contribution in [3.05, 3.63) is 53.7 Å². The number of carbonyl (C=O) groups is 2. The number of carbonyl (C=O) groups excluding carboxylic acids is 2. The largest absolute Gasteiger partial charge is 0.469 e. The standard InChI is InChI=1S/C23H22N6O4S/c1-14(30)26-17-8-6-15(7-9-17)21-18(12-24)22(25)29-23(28-21)34-13-33-19-5-3-4-16(27-19)10-11-20(31)32-2/h3-9H,10-11,13H2,1-2H3,(H,26,30)(H2,25,28,29). The molecule has 1 aromatic carbocycles. The minimum Gasteiger partial charge on any atom is -0.469 e. The molecule has 0 spiro atoms. The summed E-state index contributed by atoms with van der Waals surface area (Å²) < 4.78 is 10.3. The second kappa shape index (κ2) is 11.6. The molecule has 34 heavy (non-hydrogen) atoms. The van der Waals surface area contributed by atoms with E-state index in [0.717, 1.165) is 0 Å². The second-order valence-electron chi connectivity index (χ2n) is 6.94. The van der Waals surface area contributed by atoms with Crippen molar-refractivity contribution in [2.24, 2.45) is 0 Å². The summed E-state index contributed by atoms with van der Waals surface area (Å²) in [4.78, 5) is 35.6. The van der Waals surface area contributed by atoms with Crippen LogP contribution in [0.3, 0.4) is 0 Å². The average Bonchev–Trinajstić information content (AvgIpc) is 2.82. The molecule has 3 aromatic rings. The van der Waals surface area contributed by atoms with Crippen LogP contribution in [0, 0.1) is 11.3 Å². The van der Waals surface area contributed by atoms with Crippen LogP contribution in [0.2, 0.25) is 0 Å². The van der Waals surface area contributed by atoms with E-state index in [1.54, 1.807) is 42.5 Å². The number of nitrogens with two attached hydrogens (primary N) is 1. The minimum absolute atomic E-state index is 0.0591. The van der Waals surface area contributed by atoms with Gasteiger partial charge in [0.1, 0.15) is 23.4 Å². The lowest BCUT2D eigenvalue weighted by molar-refractivity contribution is -0.140. The van der Waals surface area contributed by atoms with E-state index in [4.69, 9.17) is 10.5 Å². The van der Waals surface area contributed by atoms with Gasteiger partial charge < -0.3 is 20.5 Å². The second-order valence-corrected chi connectivity index (χ2v) is 7.82. The van der Waals surface area contributed by atoms with Crippen LogP contribution < -0.4 is 15.8 Å².